The van der Waals surface area contributed by atoms with E-state index < -0.39 is 0 Å². The smallest absolute Gasteiger partial charge is 0.174 e. The first kappa shape index (κ1) is 14.8. The highest BCUT2D eigenvalue weighted by Crippen LogP contribution is 2.49. The molecule has 2 aromatic carbocycles. The van der Waals surface area contributed by atoms with E-state index >= 15 is 0 Å². The van der Waals surface area contributed by atoms with Gasteiger partial charge >= 0.3 is 0 Å². The third kappa shape index (κ3) is 2.52. The van der Waals surface area contributed by atoms with E-state index in [0.29, 0.717) is 11.7 Å². The Morgan fingerprint density at radius 1 is 1.21 bits per heavy atom. The van der Waals surface area contributed by atoms with Crippen LogP contribution in [-0.2, 0) is 0 Å². The van der Waals surface area contributed by atoms with Gasteiger partial charge in [0.15, 0.2) is 6.61 Å². The molecule has 0 amide bonds. The lowest BCUT2D eigenvalue weighted by atomic mass is 9.77. The fourth-order valence-corrected chi connectivity index (χ4v) is 3.78. The van der Waals surface area contributed by atoms with Crippen LogP contribution in [0.15, 0.2) is 54.6 Å². The Balaban J connectivity index is 1.64. The minimum absolute atomic E-state index is 0.0502. The first-order valence-electron chi connectivity index (χ1n) is 8.08. The number of nitrogens with zero attached hydrogens (tertiary/aromatic N) is 1. The minimum atomic E-state index is -0.188. The summed E-state index contributed by atoms with van der Waals surface area (Å²) in [5, 5.41) is 12.2. The molecule has 0 saturated heterocycles. The number of hydrogen-bond acceptors (Lipinski definition) is 3. The molecule has 4 rings (SSSR count). The molecule has 0 radical (unpaired) electrons. The highest BCUT2D eigenvalue weighted by Gasteiger charge is 2.37. The number of fused-ring (bicyclic) bond motifs is 3. The number of rotatable bonds is 3. The van der Waals surface area contributed by atoms with Crippen molar-refractivity contribution in [3.8, 4) is 11.8 Å². The van der Waals surface area contributed by atoms with Gasteiger partial charge in [-0.2, -0.15) is 5.26 Å². The Labute approximate surface area is 140 Å². The van der Waals surface area contributed by atoms with Gasteiger partial charge in [-0.25, -0.2) is 4.39 Å². The maximum Gasteiger partial charge on any atom is 0.174 e. The van der Waals surface area contributed by atoms with E-state index in [1.807, 2.05) is 36.4 Å². The molecule has 0 saturated carbocycles. The summed E-state index contributed by atoms with van der Waals surface area (Å²) in [6, 6.07) is 15.0. The molecule has 24 heavy (non-hydrogen) atoms. The lowest BCUT2D eigenvalue weighted by Crippen LogP contribution is -2.29. The van der Waals surface area contributed by atoms with E-state index in [1.54, 1.807) is 6.07 Å². The second-order valence-corrected chi connectivity index (χ2v) is 6.22. The van der Waals surface area contributed by atoms with Crippen LogP contribution in [-0.4, -0.2) is 6.61 Å². The van der Waals surface area contributed by atoms with Gasteiger partial charge in [0.2, 0.25) is 0 Å². The van der Waals surface area contributed by atoms with E-state index in [2.05, 4.69) is 17.5 Å². The average Bonchev–Trinajstić information content (AvgIpc) is 3.10. The first-order valence-corrected chi connectivity index (χ1v) is 8.08. The molecule has 0 spiro atoms. The van der Waals surface area contributed by atoms with Crippen molar-refractivity contribution in [1.82, 2.24) is 0 Å². The van der Waals surface area contributed by atoms with E-state index in [-0.39, 0.29) is 24.4 Å². The summed E-state index contributed by atoms with van der Waals surface area (Å²) in [5.74, 6) is 1.13. The number of nitriles is 1. The quantitative estimate of drug-likeness (QED) is 0.844. The molecule has 3 atom stereocenters. The summed E-state index contributed by atoms with van der Waals surface area (Å²) >= 11 is 0. The number of halogens is 1. The fourth-order valence-electron chi connectivity index (χ4n) is 3.78. The topological polar surface area (TPSA) is 45.0 Å². The zero-order valence-corrected chi connectivity index (χ0v) is 13.1. The van der Waals surface area contributed by atoms with Crippen LogP contribution in [0.1, 0.15) is 29.5 Å². The average molecular weight is 320 g/mol. The van der Waals surface area contributed by atoms with Crippen molar-refractivity contribution in [2.75, 3.05) is 11.9 Å². The third-order valence-electron chi connectivity index (χ3n) is 4.87. The Bertz CT molecular complexity index is 823. The molecule has 0 fully saturated rings. The first-order chi connectivity index (χ1) is 11.8. The van der Waals surface area contributed by atoms with Crippen molar-refractivity contribution in [3.63, 3.8) is 0 Å². The van der Waals surface area contributed by atoms with E-state index in [9.17, 15) is 4.39 Å². The molecule has 1 aliphatic heterocycles. The largest absolute Gasteiger partial charge is 0.479 e. The lowest BCUT2D eigenvalue weighted by Gasteiger charge is -2.37. The molecule has 0 unspecified atom stereocenters. The van der Waals surface area contributed by atoms with Crippen molar-refractivity contribution >= 4 is 5.69 Å². The summed E-state index contributed by atoms with van der Waals surface area (Å²) < 4.78 is 18.9. The number of hydrogen-bond donors (Lipinski definition) is 1. The van der Waals surface area contributed by atoms with Gasteiger partial charge in [-0.05, 0) is 53.8 Å². The number of ether oxygens (including phenoxy) is 1. The maximum atomic E-state index is 13.6. The van der Waals surface area contributed by atoms with Gasteiger partial charge in [0.1, 0.15) is 17.6 Å². The standard InChI is InChI=1S/C20H17FN2O/c21-14-6-9-19-18(12-14)16-2-1-3-17(16)20(23-19)13-4-7-15(8-5-13)24-11-10-22/h1-2,4-9,12,16-17,20,23H,3,11H2/t16-,17+,20+/m1/s1. The summed E-state index contributed by atoms with van der Waals surface area (Å²) in [6.45, 7) is 0.0502. The summed E-state index contributed by atoms with van der Waals surface area (Å²) in [4.78, 5) is 0. The fraction of sp³-hybridized carbons (Fsp3) is 0.250. The highest BCUT2D eigenvalue weighted by molar-refractivity contribution is 5.59. The maximum absolute atomic E-state index is 13.6. The SMILES string of the molecule is N#CCOc1ccc([C@@H]2Nc3ccc(F)cc3[C@@H]3C=CC[C@@H]32)cc1. The van der Waals surface area contributed by atoms with E-state index in [1.165, 1.54) is 11.6 Å². The van der Waals surface area contributed by atoms with Gasteiger partial charge < -0.3 is 10.1 Å². The van der Waals surface area contributed by atoms with Crippen LogP contribution in [0.2, 0.25) is 0 Å². The van der Waals surface area contributed by atoms with Crippen LogP contribution < -0.4 is 10.1 Å². The van der Waals surface area contributed by atoms with E-state index in [0.717, 1.165) is 17.7 Å². The van der Waals surface area contributed by atoms with Crippen molar-refractivity contribution < 1.29 is 9.13 Å². The molecular formula is C20H17FN2O. The van der Waals surface area contributed by atoms with Gasteiger partial charge in [-0.3, -0.25) is 0 Å². The van der Waals surface area contributed by atoms with Crippen molar-refractivity contribution in [3.05, 3.63) is 71.6 Å². The molecular weight excluding hydrogens is 303 g/mol. The van der Waals surface area contributed by atoms with Crippen LogP contribution in [0.25, 0.3) is 0 Å². The number of nitrogens with one attached hydrogen (secondary N) is 1. The number of anilines is 1. The summed E-state index contributed by atoms with van der Waals surface area (Å²) in [6.07, 6.45) is 5.36. The van der Waals surface area contributed by atoms with Gasteiger partial charge in [0.05, 0.1) is 6.04 Å². The van der Waals surface area contributed by atoms with E-state index in [4.69, 9.17) is 10.00 Å². The molecule has 1 N–H and O–H groups in total. The van der Waals surface area contributed by atoms with Crippen LogP contribution in [0.4, 0.5) is 10.1 Å². The normalized spacial score (nSPS) is 23.8. The Hall–Kier alpha value is -2.80. The van der Waals surface area contributed by atoms with Gasteiger partial charge in [-0.15, -0.1) is 0 Å². The summed E-state index contributed by atoms with van der Waals surface area (Å²) in [7, 11) is 0. The minimum Gasteiger partial charge on any atom is -0.479 e. The van der Waals surface area contributed by atoms with Crippen molar-refractivity contribution in [2.24, 2.45) is 5.92 Å². The Morgan fingerprint density at radius 2 is 2.04 bits per heavy atom. The molecule has 120 valence electrons. The number of allylic oxidation sites excluding steroid dienone is 2. The molecule has 4 heteroatoms. The molecule has 2 aromatic rings. The molecule has 3 nitrogen and oxygen atoms in total. The predicted molar refractivity (Wildman–Crippen MR) is 90.3 cm³/mol. The molecule has 0 bridgehead atoms. The monoisotopic (exact) mass is 320 g/mol. The predicted octanol–water partition coefficient (Wildman–Crippen LogP) is 4.55. The third-order valence-corrected chi connectivity index (χ3v) is 4.87. The highest BCUT2D eigenvalue weighted by atomic mass is 19.1. The van der Waals surface area contributed by atoms with Gasteiger partial charge in [0, 0.05) is 11.6 Å². The Kier molecular flexibility index (Phi) is 3.70. The van der Waals surface area contributed by atoms with Crippen molar-refractivity contribution in [1.29, 1.82) is 5.26 Å². The molecule has 1 aliphatic carbocycles. The Morgan fingerprint density at radius 3 is 2.83 bits per heavy atom. The lowest BCUT2D eigenvalue weighted by molar-refractivity contribution is 0.367. The van der Waals surface area contributed by atoms with Gasteiger partial charge in [0.25, 0.3) is 0 Å². The zero-order chi connectivity index (χ0) is 16.5. The van der Waals surface area contributed by atoms with Crippen LogP contribution in [0.5, 0.6) is 5.75 Å². The van der Waals surface area contributed by atoms with Crippen LogP contribution >= 0.6 is 0 Å². The van der Waals surface area contributed by atoms with Gasteiger partial charge in [-0.1, -0.05) is 24.3 Å². The zero-order valence-electron chi connectivity index (χ0n) is 13.1. The van der Waals surface area contributed by atoms with Crippen LogP contribution in [0, 0.1) is 23.1 Å². The number of benzene rings is 2. The van der Waals surface area contributed by atoms with Crippen molar-refractivity contribution in [2.45, 2.75) is 18.4 Å². The molecule has 0 aromatic heterocycles. The second-order valence-electron chi connectivity index (χ2n) is 6.22. The molecule has 2 aliphatic rings. The summed E-state index contributed by atoms with van der Waals surface area (Å²) in [5.41, 5.74) is 3.21. The van der Waals surface area contributed by atoms with Crippen LogP contribution in [0.3, 0.4) is 0 Å². The second kappa shape index (κ2) is 6.01. The molecule has 1 heterocycles.